The first-order chi connectivity index (χ1) is 4.97. The SMILES string of the molecule is c1cnc2c(n1)CNNS2. The lowest BCUT2D eigenvalue weighted by Crippen LogP contribution is -2.30. The highest BCUT2D eigenvalue weighted by atomic mass is 32.2. The lowest BCUT2D eigenvalue weighted by atomic mass is 10.4. The van der Waals surface area contributed by atoms with Gasteiger partial charge in [0.1, 0.15) is 5.03 Å². The molecule has 0 spiro atoms. The second kappa shape index (κ2) is 2.53. The Labute approximate surface area is 62.6 Å². The van der Waals surface area contributed by atoms with E-state index in [9.17, 15) is 0 Å². The summed E-state index contributed by atoms with van der Waals surface area (Å²) in [5.74, 6) is 0. The highest BCUT2D eigenvalue weighted by Crippen LogP contribution is 2.16. The molecule has 4 nitrogen and oxygen atoms in total. The summed E-state index contributed by atoms with van der Waals surface area (Å²) in [7, 11) is 0. The molecule has 0 fully saturated rings. The van der Waals surface area contributed by atoms with Crippen molar-refractivity contribution >= 4 is 11.9 Å². The molecule has 2 rings (SSSR count). The second-order valence-electron chi connectivity index (χ2n) is 1.87. The summed E-state index contributed by atoms with van der Waals surface area (Å²) in [6.07, 6.45) is 3.39. The number of aromatic nitrogens is 2. The van der Waals surface area contributed by atoms with Crippen molar-refractivity contribution < 1.29 is 0 Å². The first-order valence-electron chi connectivity index (χ1n) is 2.91. The summed E-state index contributed by atoms with van der Waals surface area (Å²) < 4.78 is 0. The number of nitrogens with one attached hydrogen (secondary N) is 2. The maximum atomic E-state index is 4.13. The number of hydrogen-bond donors (Lipinski definition) is 2. The van der Waals surface area contributed by atoms with E-state index in [1.807, 2.05) is 0 Å². The fourth-order valence-electron chi connectivity index (χ4n) is 0.765. The molecule has 0 saturated heterocycles. The first kappa shape index (κ1) is 6.09. The highest BCUT2D eigenvalue weighted by Gasteiger charge is 2.09. The maximum absolute atomic E-state index is 4.13. The predicted molar refractivity (Wildman–Crippen MR) is 37.9 cm³/mol. The first-order valence-corrected chi connectivity index (χ1v) is 3.73. The van der Waals surface area contributed by atoms with E-state index in [0.29, 0.717) is 0 Å². The fraction of sp³-hybridized carbons (Fsp3) is 0.200. The molecule has 0 amide bonds. The summed E-state index contributed by atoms with van der Waals surface area (Å²) in [4.78, 5) is 11.2. The van der Waals surface area contributed by atoms with Gasteiger partial charge >= 0.3 is 0 Å². The van der Waals surface area contributed by atoms with Gasteiger partial charge in [-0.15, -0.1) is 0 Å². The smallest absolute Gasteiger partial charge is 0.135 e. The Morgan fingerprint density at radius 3 is 3.20 bits per heavy atom. The lowest BCUT2D eigenvalue weighted by molar-refractivity contribution is 0.632. The molecule has 0 atom stereocenters. The van der Waals surface area contributed by atoms with Crippen molar-refractivity contribution in [3.8, 4) is 0 Å². The van der Waals surface area contributed by atoms with Crippen LogP contribution in [0.1, 0.15) is 5.69 Å². The van der Waals surface area contributed by atoms with Crippen LogP contribution in [-0.2, 0) is 6.54 Å². The molecule has 0 unspecified atom stereocenters. The number of nitrogens with zero attached hydrogens (tertiary/aromatic N) is 2. The van der Waals surface area contributed by atoms with Crippen molar-refractivity contribution in [2.45, 2.75) is 11.6 Å². The van der Waals surface area contributed by atoms with E-state index in [1.54, 1.807) is 12.4 Å². The lowest BCUT2D eigenvalue weighted by Gasteiger charge is -2.13. The predicted octanol–water partition coefficient (Wildman–Crippen LogP) is 0.0915. The zero-order chi connectivity index (χ0) is 6.81. The summed E-state index contributed by atoms with van der Waals surface area (Å²) in [6, 6.07) is 0. The molecule has 10 heavy (non-hydrogen) atoms. The zero-order valence-electron chi connectivity index (χ0n) is 5.16. The minimum Gasteiger partial charge on any atom is -0.255 e. The van der Waals surface area contributed by atoms with Crippen molar-refractivity contribution in [3.63, 3.8) is 0 Å². The molecule has 1 aromatic rings. The standard InChI is InChI=1S/C5H6N4S/c1-2-7-5-4(6-1)3-8-9-10-5/h1-2,8-9H,3H2. The van der Waals surface area contributed by atoms with E-state index in [2.05, 4.69) is 20.2 Å². The molecule has 0 aliphatic carbocycles. The van der Waals surface area contributed by atoms with Gasteiger partial charge in [0.2, 0.25) is 0 Å². The van der Waals surface area contributed by atoms with E-state index in [1.165, 1.54) is 11.9 Å². The van der Waals surface area contributed by atoms with Gasteiger partial charge in [0.05, 0.1) is 12.2 Å². The second-order valence-corrected chi connectivity index (χ2v) is 2.66. The van der Waals surface area contributed by atoms with Gasteiger partial charge in [0.25, 0.3) is 0 Å². The van der Waals surface area contributed by atoms with Crippen LogP contribution in [0.4, 0.5) is 0 Å². The molecule has 1 aliphatic rings. The zero-order valence-corrected chi connectivity index (χ0v) is 5.98. The summed E-state index contributed by atoms with van der Waals surface area (Å²) in [5, 5.41) is 0.959. The van der Waals surface area contributed by atoms with Gasteiger partial charge in [-0.25, -0.2) is 10.4 Å². The van der Waals surface area contributed by atoms with Crippen LogP contribution >= 0.6 is 11.9 Å². The van der Waals surface area contributed by atoms with Gasteiger partial charge < -0.3 is 0 Å². The monoisotopic (exact) mass is 154 g/mol. The van der Waals surface area contributed by atoms with Gasteiger partial charge in [-0.2, -0.15) is 4.83 Å². The Kier molecular flexibility index (Phi) is 1.54. The van der Waals surface area contributed by atoms with E-state index >= 15 is 0 Å². The van der Waals surface area contributed by atoms with Crippen LogP contribution in [-0.4, -0.2) is 9.97 Å². The molecular formula is C5H6N4S. The van der Waals surface area contributed by atoms with Crippen LogP contribution in [0.3, 0.4) is 0 Å². The molecule has 5 heteroatoms. The minimum absolute atomic E-state index is 0.746. The molecule has 0 radical (unpaired) electrons. The fourth-order valence-corrected chi connectivity index (χ4v) is 1.36. The Bertz CT molecular complexity index is 214. The molecule has 0 bridgehead atoms. The van der Waals surface area contributed by atoms with Crippen LogP contribution in [0.5, 0.6) is 0 Å². The molecule has 2 N–H and O–H groups in total. The maximum Gasteiger partial charge on any atom is 0.135 e. The number of rotatable bonds is 0. The van der Waals surface area contributed by atoms with Gasteiger partial charge in [0, 0.05) is 12.4 Å². The quantitative estimate of drug-likeness (QED) is 0.519. The molecule has 0 saturated carbocycles. The van der Waals surface area contributed by atoms with Crippen molar-refractivity contribution in [1.82, 2.24) is 20.2 Å². The molecule has 1 aliphatic heterocycles. The van der Waals surface area contributed by atoms with E-state index in [-0.39, 0.29) is 0 Å². The van der Waals surface area contributed by atoms with Gasteiger partial charge in [-0.1, -0.05) is 0 Å². The average molecular weight is 154 g/mol. The van der Waals surface area contributed by atoms with Crippen molar-refractivity contribution in [3.05, 3.63) is 18.1 Å². The highest BCUT2D eigenvalue weighted by molar-refractivity contribution is 7.97. The normalized spacial score (nSPS) is 16.4. The van der Waals surface area contributed by atoms with Crippen molar-refractivity contribution in [2.75, 3.05) is 0 Å². The van der Waals surface area contributed by atoms with Crippen LogP contribution in [0.2, 0.25) is 0 Å². The molecule has 1 aromatic heterocycles. The van der Waals surface area contributed by atoms with Gasteiger partial charge in [-0.05, 0) is 11.9 Å². The molecule has 2 heterocycles. The minimum atomic E-state index is 0.746. The third kappa shape index (κ3) is 0.985. The Hall–Kier alpha value is -0.650. The molecule has 52 valence electrons. The van der Waals surface area contributed by atoms with E-state index in [0.717, 1.165) is 17.3 Å². The van der Waals surface area contributed by atoms with Gasteiger partial charge in [0.15, 0.2) is 0 Å². The van der Waals surface area contributed by atoms with Crippen LogP contribution in [0.25, 0.3) is 0 Å². The Balaban J connectivity index is 2.41. The molecule has 0 aromatic carbocycles. The third-order valence-electron chi connectivity index (χ3n) is 1.21. The van der Waals surface area contributed by atoms with Gasteiger partial charge in [-0.3, -0.25) is 4.98 Å². The summed E-state index contributed by atoms with van der Waals surface area (Å²) in [6.45, 7) is 0.746. The van der Waals surface area contributed by atoms with E-state index < -0.39 is 0 Å². The summed E-state index contributed by atoms with van der Waals surface area (Å²) in [5.41, 5.74) is 3.96. The largest absolute Gasteiger partial charge is 0.255 e. The van der Waals surface area contributed by atoms with Crippen molar-refractivity contribution in [2.24, 2.45) is 0 Å². The topological polar surface area (TPSA) is 49.8 Å². The molecular weight excluding hydrogens is 148 g/mol. The van der Waals surface area contributed by atoms with Crippen LogP contribution in [0.15, 0.2) is 17.4 Å². The number of fused-ring (bicyclic) bond motifs is 1. The van der Waals surface area contributed by atoms with Crippen molar-refractivity contribution in [1.29, 1.82) is 0 Å². The van der Waals surface area contributed by atoms with Crippen LogP contribution in [0, 0.1) is 0 Å². The summed E-state index contributed by atoms with van der Waals surface area (Å²) >= 11 is 1.45. The van der Waals surface area contributed by atoms with Crippen LogP contribution < -0.4 is 10.3 Å². The third-order valence-corrected chi connectivity index (χ3v) is 1.99. The number of hydrogen-bond acceptors (Lipinski definition) is 5. The van der Waals surface area contributed by atoms with E-state index in [4.69, 9.17) is 0 Å². The number of hydrazine groups is 1. The Morgan fingerprint density at radius 2 is 2.30 bits per heavy atom. The average Bonchev–Trinajstić information content (AvgIpc) is 2.05. The Morgan fingerprint density at radius 1 is 1.40 bits per heavy atom.